The minimum Gasteiger partial charge on any atom is -0.497 e. The van der Waals surface area contributed by atoms with Gasteiger partial charge < -0.3 is 15.4 Å². The third-order valence-electron chi connectivity index (χ3n) is 4.12. The van der Waals surface area contributed by atoms with Crippen LogP contribution in [-0.4, -0.2) is 34.5 Å². The van der Waals surface area contributed by atoms with Crippen molar-refractivity contribution in [2.45, 2.75) is 19.9 Å². The average molecular weight is 377 g/mol. The maximum Gasteiger partial charge on any atom is 0.270 e. The van der Waals surface area contributed by atoms with Gasteiger partial charge in [0.15, 0.2) is 0 Å². The van der Waals surface area contributed by atoms with E-state index in [-0.39, 0.29) is 5.91 Å². The summed E-state index contributed by atoms with van der Waals surface area (Å²) in [5.41, 5.74) is 3.21. The lowest BCUT2D eigenvalue weighted by atomic mass is 10.1. The number of nitrogens with one attached hydrogen (secondary N) is 2. The number of aryl methyl sites for hydroxylation is 1. The van der Waals surface area contributed by atoms with Gasteiger partial charge in [0.25, 0.3) is 5.91 Å². The van der Waals surface area contributed by atoms with Crippen LogP contribution < -0.4 is 15.4 Å². The molecular weight excluding hydrogens is 354 g/mol. The van der Waals surface area contributed by atoms with Crippen LogP contribution in [0, 0.1) is 6.92 Å². The standard InChI is InChI=1S/C21H23N5O2/c1-15-12-19(26-21(25-15)24-14-17-4-3-10-22-13-17)20(27)23-11-9-16-5-7-18(28-2)8-6-16/h3-8,10,12-13H,9,11,14H2,1-2H3,(H,23,27)(H,24,25,26). The van der Waals surface area contributed by atoms with Crippen LogP contribution in [-0.2, 0) is 13.0 Å². The van der Waals surface area contributed by atoms with Crippen molar-refractivity contribution in [1.82, 2.24) is 20.3 Å². The van der Waals surface area contributed by atoms with Gasteiger partial charge in [-0.3, -0.25) is 9.78 Å². The molecule has 2 heterocycles. The zero-order valence-corrected chi connectivity index (χ0v) is 16.0. The number of aromatic nitrogens is 3. The zero-order chi connectivity index (χ0) is 19.8. The summed E-state index contributed by atoms with van der Waals surface area (Å²) in [6.07, 6.45) is 4.22. The average Bonchev–Trinajstić information content (AvgIpc) is 2.73. The SMILES string of the molecule is COc1ccc(CCNC(=O)c2cc(C)nc(NCc3cccnc3)n2)cc1. The number of benzene rings is 1. The highest BCUT2D eigenvalue weighted by Crippen LogP contribution is 2.11. The van der Waals surface area contributed by atoms with E-state index in [1.807, 2.05) is 43.3 Å². The van der Waals surface area contributed by atoms with Gasteiger partial charge in [-0.2, -0.15) is 0 Å². The van der Waals surface area contributed by atoms with Crippen molar-refractivity contribution in [3.05, 3.63) is 77.4 Å². The Balaban J connectivity index is 1.55. The fourth-order valence-corrected chi connectivity index (χ4v) is 2.65. The molecule has 1 aromatic carbocycles. The molecule has 3 aromatic rings. The fourth-order valence-electron chi connectivity index (χ4n) is 2.65. The van der Waals surface area contributed by atoms with Crippen LogP contribution in [0.1, 0.15) is 27.3 Å². The number of amides is 1. The molecule has 28 heavy (non-hydrogen) atoms. The number of rotatable bonds is 8. The molecular formula is C21H23N5O2. The predicted molar refractivity (Wildman–Crippen MR) is 107 cm³/mol. The summed E-state index contributed by atoms with van der Waals surface area (Å²) in [5.74, 6) is 1.02. The quantitative estimate of drug-likeness (QED) is 0.627. The second kappa shape index (κ2) is 9.45. The summed E-state index contributed by atoms with van der Waals surface area (Å²) >= 11 is 0. The molecule has 3 rings (SSSR count). The molecule has 0 unspecified atom stereocenters. The first-order valence-electron chi connectivity index (χ1n) is 9.03. The van der Waals surface area contributed by atoms with Gasteiger partial charge in [0.2, 0.25) is 5.95 Å². The van der Waals surface area contributed by atoms with E-state index in [2.05, 4.69) is 25.6 Å². The van der Waals surface area contributed by atoms with Gasteiger partial charge in [-0.1, -0.05) is 18.2 Å². The Morgan fingerprint density at radius 1 is 1.11 bits per heavy atom. The molecule has 2 aromatic heterocycles. The topological polar surface area (TPSA) is 89.0 Å². The molecule has 7 heteroatoms. The first-order valence-corrected chi connectivity index (χ1v) is 9.03. The van der Waals surface area contributed by atoms with E-state index in [9.17, 15) is 4.79 Å². The van der Waals surface area contributed by atoms with Crippen molar-refractivity contribution in [3.8, 4) is 5.75 Å². The number of nitrogens with zero attached hydrogens (tertiary/aromatic N) is 3. The van der Waals surface area contributed by atoms with Crippen LogP contribution in [0.25, 0.3) is 0 Å². The van der Waals surface area contributed by atoms with Gasteiger partial charge in [-0.15, -0.1) is 0 Å². The number of carbonyl (C=O) groups excluding carboxylic acids is 1. The summed E-state index contributed by atoms with van der Waals surface area (Å²) in [7, 11) is 1.64. The molecule has 0 atom stereocenters. The second-order valence-electron chi connectivity index (χ2n) is 6.29. The lowest BCUT2D eigenvalue weighted by Gasteiger charge is -2.09. The van der Waals surface area contributed by atoms with Crippen molar-refractivity contribution < 1.29 is 9.53 Å². The zero-order valence-electron chi connectivity index (χ0n) is 16.0. The van der Waals surface area contributed by atoms with Crippen LogP contribution in [0.2, 0.25) is 0 Å². The summed E-state index contributed by atoms with van der Waals surface area (Å²) in [6, 6.07) is 13.3. The third kappa shape index (κ3) is 5.51. The first kappa shape index (κ1) is 19.3. The minimum absolute atomic E-state index is 0.219. The molecule has 0 fully saturated rings. The molecule has 0 spiro atoms. The fraction of sp³-hybridized carbons (Fsp3) is 0.238. The molecule has 7 nitrogen and oxygen atoms in total. The number of methoxy groups -OCH3 is 1. The highest BCUT2D eigenvalue weighted by atomic mass is 16.5. The predicted octanol–water partition coefficient (Wildman–Crippen LogP) is 2.77. The van der Waals surface area contributed by atoms with Gasteiger partial charge in [0.05, 0.1) is 7.11 Å². The van der Waals surface area contributed by atoms with Gasteiger partial charge in [-0.05, 0) is 48.7 Å². The molecule has 0 bridgehead atoms. The minimum atomic E-state index is -0.219. The first-order chi connectivity index (χ1) is 13.6. The number of anilines is 1. The van der Waals surface area contributed by atoms with Crippen LogP contribution in [0.4, 0.5) is 5.95 Å². The molecule has 0 aliphatic heterocycles. The number of carbonyl (C=O) groups is 1. The smallest absolute Gasteiger partial charge is 0.270 e. The maximum absolute atomic E-state index is 12.5. The molecule has 0 saturated carbocycles. The van der Waals surface area contributed by atoms with Crippen LogP contribution in [0.15, 0.2) is 54.9 Å². The lowest BCUT2D eigenvalue weighted by molar-refractivity contribution is 0.0949. The molecule has 0 aliphatic carbocycles. The van der Waals surface area contributed by atoms with Crippen LogP contribution in [0.5, 0.6) is 5.75 Å². The largest absolute Gasteiger partial charge is 0.497 e. The maximum atomic E-state index is 12.5. The highest BCUT2D eigenvalue weighted by molar-refractivity contribution is 5.92. The molecule has 0 saturated heterocycles. The van der Waals surface area contributed by atoms with Crippen molar-refractivity contribution in [2.24, 2.45) is 0 Å². The Hall–Kier alpha value is -3.48. The van der Waals surface area contributed by atoms with E-state index in [4.69, 9.17) is 4.74 Å². The molecule has 2 N–H and O–H groups in total. The summed E-state index contributed by atoms with van der Waals surface area (Å²) in [5, 5.41) is 6.04. The molecule has 0 aliphatic rings. The molecule has 0 radical (unpaired) electrons. The Kier molecular flexibility index (Phi) is 6.51. The number of pyridine rings is 1. The number of hydrogen-bond acceptors (Lipinski definition) is 6. The van der Waals surface area contributed by atoms with Crippen molar-refractivity contribution in [2.75, 3.05) is 19.0 Å². The Bertz CT molecular complexity index is 914. The summed E-state index contributed by atoms with van der Waals surface area (Å²) in [6.45, 7) is 2.90. The van der Waals surface area contributed by atoms with E-state index in [0.29, 0.717) is 24.7 Å². The van der Waals surface area contributed by atoms with Crippen molar-refractivity contribution in [3.63, 3.8) is 0 Å². The summed E-state index contributed by atoms with van der Waals surface area (Å²) < 4.78 is 5.15. The van der Waals surface area contributed by atoms with Crippen LogP contribution in [0.3, 0.4) is 0 Å². The monoisotopic (exact) mass is 377 g/mol. The molecule has 1 amide bonds. The van der Waals surface area contributed by atoms with E-state index in [1.54, 1.807) is 25.6 Å². The van der Waals surface area contributed by atoms with E-state index < -0.39 is 0 Å². The van der Waals surface area contributed by atoms with Crippen LogP contribution >= 0.6 is 0 Å². The van der Waals surface area contributed by atoms with E-state index in [0.717, 1.165) is 29.0 Å². The molecule has 144 valence electrons. The normalized spacial score (nSPS) is 10.4. The lowest BCUT2D eigenvalue weighted by Crippen LogP contribution is -2.27. The van der Waals surface area contributed by atoms with Gasteiger partial charge in [-0.25, -0.2) is 9.97 Å². The van der Waals surface area contributed by atoms with E-state index >= 15 is 0 Å². The van der Waals surface area contributed by atoms with Gasteiger partial charge in [0.1, 0.15) is 11.4 Å². The number of ether oxygens (including phenoxy) is 1. The van der Waals surface area contributed by atoms with Gasteiger partial charge >= 0.3 is 0 Å². The summed E-state index contributed by atoms with van der Waals surface area (Å²) in [4.78, 5) is 25.2. The Morgan fingerprint density at radius 3 is 2.64 bits per heavy atom. The van der Waals surface area contributed by atoms with Crippen molar-refractivity contribution >= 4 is 11.9 Å². The van der Waals surface area contributed by atoms with E-state index in [1.165, 1.54) is 0 Å². The third-order valence-corrected chi connectivity index (χ3v) is 4.12. The van der Waals surface area contributed by atoms with Gasteiger partial charge in [0, 0.05) is 31.2 Å². The van der Waals surface area contributed by atoms with Crippen molar-refractivity contribution in [1.29, 1.82) is 0 Å². The highest BCUT2D eigenvalue weighted by Gasteiger charge is 2.10. The Labute approximate surface area is 164 Å². The second-order valence-corrected chi connectivity index (χ2v) is 6.29. The number of hydrogen-bond donors (Lipinski definition) is 2. The Morgan fingerprint density at radius 2 is 1.93 bits per heavy atom.